The summed E-state index contributed by atoms with van der Waals surface area (Å²) >= 11 is 1.56. The molecule has 1 unspecified atom stereocenters. The molecule has 0 radical (unpaired) electrons. The normalized spacial score (nSPS) is 17.2. The number of anilines is 1. The zero-order valence-corrected chi connectivity index (χ0v) is 25.3. The third kappa shape index (κ3) is 6.59. The lowest BCUT2D eigenvalue weighted by Gasteiger charge is -2.29. The molecule has 1 aromatic heterocycles. The van der Waals surface area contributed by atoms with E-state index in [0.717, 1.165) is 71.2 Å². The highest BCUT2D eigenvalue weighted by molar-refractivity contribution is 7.14. The molecule has 1 fully saturated rings. The van der Waals surface area contributed by atoms with Gasteiger partial charge in [-0.3, -0.25) is 9.69 Å². The number of hydrogen-bond donors (Lipinski definition) is 1. The van der Waals surface area contributed by atoms with Crippen molar-refractivity contribution in [1.29, 1.82) is 0 Å². The Balaban J connectivity index is 1.30. The monoisotopic (exact) mass is 579 g/mol. The van der Waals surface area contributed by atoms with E-state index in [1.54, 1.807) is 11.3 Å². The summed E-state index contributed by atoms with van der Waals surface area (Å²) in [5.41, 5.74) is 5.25. The zero-order valence-electron chi connectivity index (χ0n) is 24.5. The Morgan fingerprint density at radius 1 is 1.15 bits per heavy atom. The number of nitrogens with zero attached hydrogens (tertiary/aromatic N) is 3. The molecular formula is C33H42FN3O3S. The minimum absolute atomic E-state index is 0.122. The second-order valence-corrected chi connectivity index (χ2v) is 12.3. The predicted octanol–water partition coefficient (Wildman–Crippen LogP) is 7.12. The Kier molecular flexibility index (Phi) is 9.60. The topological polar surface area (TPSA) is 65.9 Å². The smallest absolute Gasteiger partial charge is 0.306 e. The number of thiazole rings is 1. The van der Waals surface area contributed by atoms with E-state index in [1.165, 1.54) is 12.8 Å². The van der Waals surface area contributed by atoms with Gasteiger partial charge < -0.3 is 14.7 Å². The van der Waals surface area contributed by atoms with Crippen LogP contribution in [0.25, 0.3) is 11.3 Å². The lowest BCUT2D eigenvalue weighted by molar-refractivity contribution is -0.142. The zero-order chi connectivity index (χ0) is 28.9. The van der Waals surface area contributed by atoms with Crippen LogP contribution in [-0.4, -0.2) is 53.2 Å². The van der Waals surface area contributed by atoms with Crippen LogP contribution in [0.15, 0.2) is 35.7 Å². The Hall–Kier alpha value is -2.97. The molecule has 1 atom stereocenters. The van der Waals surface area contributed by atoms with Crippen molar-refractivity contribution in [1.82, 2.24) is 9.88 Å². The second-order valence-electron chi connectivity index (χ2n) is 11.4. The summed E-state index contributed by atoms with van der Waals surface area (Å²) in [5, 5.41) is 12.2. The quantitative estimate of drug-likeness (QED) is 0.276. The molecule has 2 aromatic carbocycles. The van der Waals surface area contributed by atoms with Gasteiger partial charge in [-0.2, -0.15) is 0 Å². The van der Waals surface area contributed by atoms with Crippen LogP contribution >= 0.6 is 11.3 Å². The molecule has 0 amide bonds. The number of ether oxygens (including phenoxy) is 1. The maximum Gasteiger partial charge on any atom is 0.306 e. The van der Waals surface area contributed by atoms with Crippen molar-refractivity contribution in [3.05, 3.63) is 63.8 Å². The van der Waals surface area contributed by atoms with E-state index < -0.39 is 5.97 Å². The van der Waals surface area contributed by atoms with Gasteiger partial charge in [0.15, 0.2) is 5.13 Å². The van der Waals surface area contributed by atoms with Crippen molar-refractivity contribution < 1.29 is 19.0 Å². The summed E-state index contributed by atoms with van der Waals surface area (Å²) in [6.45, 7) is 9.92. The van der Waals surface area contributed by atoms with Gasteiger partial charge in [0.25, 0.3) is 0 Å². The van der Waals surface area contributed by atoms with E-state index in [4.69, 9.17) is 9.72 Å². The fourth-order valence-electron chi connectivity index (χ4n) is 6.35. The number of carboxylic acid groups (broad SMARTS) is 1. The number of rotatable bonds is 10. The van der Waals surface area contributed by atoms with Gasteiger partial charge in [-0.25, -0.2) is 9.37 Å². The van der Waals surface area contributed by atoms with E-state index in [-0.39, 0.29) is 18.3 Å². The number of aryl methyl sites for hydroxylation is 1. The molecule has 3 aromatic rings. The molecule has 0 saturated carbocycles. The molecule has 1 N–H and O–H groups in total. The Bertz CT molecular complexity index is 1350. The first-order valence-electron chi connectivity index (χ1n) is 15.1. The number of carbonyl (C=O) groups is 1. The van der Waals surface area contributed by atoms with Gasteiger partial charge in [-0.1, -0.05) is 44.5 Å². The van der Waals surface area contributed by atoms with E-state index in [9.17, 15) is 9.90 Å². The molecule has 3 heterocycles. The van der Waals surface area contributed by atoms with Gasteiger partial charge in [0.05, 0.1) is 11.6 Å². The number of benzene rings is 2. The fraction of sp³-hybridized carbons (Fsp3) is 0.515. The second kappa shape index (κ2) is 13.3. The van der Waals surface area contributed by atoms with Gasteiger partial charge in [0, 0.05) is 48.7 Å². The van der Waals surface area contributed by atoms with Crippen LogP contribution in [0.5, 0.6) is 5.75 Å². The van der Waals surface area contributed by atoms with E-state index in [0.29, 0.717) is 37.5 Å². The van der Waals surface area contributed by atoms with Crippen LogP contribution in [0.1, 0.15) is 68.2 Å². The van der Waals surface area contributed by atoms with Crippen molar-refractivity contribution in [2.75, 3.05) is 31.1 Å². The number of fused-ring (bicyclic) bond motifs is 1. The highest BCUT2D eigenvalue weighted by Gasteiger charge is 2.27. The summed E-state index contributed by atoms with van der Waals surface area (Å²) in [5.74, 6) is -0.386. The van der Waals surface area contributed by atoms with Crippen molar-refractivity contribution in [3.8, 4) is 17.0 Å². The minimum Gasteiger partial charge on any atom is -0.488 e. The van der Waals surface area contributed by atoms with Crippen molar-refractivity contribution in [2.24, 2.45) is 5.92 Å². The standard InChI is InChI=1S/C33H42FN3O3S/c1-4-7-26(5-2)36-16-12-23-10-11-25(30(34)27(23)15-19-36)20-40-31-22(3)8-6-9-28(31)29-21-41-33(35-29)37-17-13-24(14-18-37)32(38)39/h6,8-11,21,24,26H,4-5,7,12-20H2,1-3H3,(H,38,39). The van der Waals surface area contributed by atoms with Crippen LogP contribution in [-0.2, 0) is 24.2 Å². The van der Waals surface area contributed by atoms with Crippen LogP contribution in [0, 0.1) is 18.7 Å². The number of para-hydroxylation sites is 1. The maximum absolute atomic E-state index is 15.9. The third-order valence-electron chi connectivity index (χ3n) is 8.81. The molecule has 41 heavy (non-hydrogen) atoms. The largest absolute Gasteiger partial charge is 0.488 e. The first kappa shape index (κ1) is 29.5. The Morgan fingerprint density at radius 2 is 1.93 bits per heavy atom. The van der Waals surface area contributed by atoms with Crippen LogP contribution in [0.4, 0.5) is 9.52 Å². The SMILES string of the molecule is CCCC(CC)N1CCc2ccc(COc3c(C)cccc3-c3csc(N4CCC(C(=O)O)CC4)n3)c(F)c2CC1. The van der Waals surface area contributed by atoms with E-state index in [1.807, 2.05) is 36.6 Å². The Morgan fingerprint density at radius 3 is 2.66 bits per heavy atom. The average molecular weight is 580 g/mol. The van der Waals surface area contributed by atoms with Crippen LogP contribution < -0.4 is 9.64 Å². The van der Waals surface area contributed by atoms with Crippen molar-refractivity contribution in [2.45, 2.75) is 78.4 Å². The summed E-state index contributed by atoms with van der Waals surface area (Å²) < 4.78 is 22.2. The van der Waals surface area contributed by atoms with Crippen LogP contribution in [0.3, 0.4) is 0 Å². The molecule has 5 rings (SSSR count). The molecule has 8 heteroatoms. The molecule has 2 aliphatic heterocycles. The van der Waals surface area contributed by atoms with Crippen molar-refractivity contribution in [3.63, 3.8) is 0 Å². The minimum atomic E-state index is -0.712. The summed E-state index contributed by atoms with van der Waals surface area (Å²) in [4.78, 5) is 20.9. The summed E-state index contributed by atoms with van der Waals surface area (Å²) in [6, 6.07) is 10.6. The van der Waals surface area contributed by atoms with Gasteiger partial charge in [0.2, 0.25) is 0 Å². The number of carboxylic acids is 1. The molecule has 2 aliphatic rings. The highest BCUT2D eigenvalue weighted by atomic mass is 32.1. The molecule has 0 spiro atoms. The van der Waals surface area contributed by atoms with Crippen molar-refractivity contribution >= 4 is 22.4 Å². The Labute approximate surface area is 247 Å². The predicted molar refractivity (Wildman–Crippen MR) is 164 cm³/mol. The van der Waals surface area contributed by atoms with E-state index in [2.05, 4.69) is 29.7 Å². The molecule has 0 bridgehead atoms. The van der Waals surface area contributed by atoms with E-state index >= 15 is 4.39 Å². The van der Waals surface area contributed by atoms with Gasteiger partial charge in [0.1, 0.15) is 18.2 Å². The maximum atomic E-state index is 15.9. The highest BCUT2D eigenvalue weighted by Crippen LogP contribution is 2.37. The first-order valence-corrected chi connectivity index (χ1v) is 16.0. The summed E-state index contributed by atoms with van der Waals surface area (Å²) in [6.07, 6.45) is 6.38. The molecule has 6 nitrogen and oxygen atoms in total. The van der Waals surface area contributed by atoms with Gasteiger partial charge >= 0.3 is 5.97 Å². The average Bonchev–Trinajstić information content (AvgIpc) is 3.37. The molecular weight excluding hydrogens is 537 g/mol. The number of halogens is 1. The summed E-state index contributed by atoms with van der Waals surface area (Å²) in [7, 11) is 0. The fourth-order valence-corrected chi connectivity index (χ4v) is 7.23. The number of aliphatic carboxylic acids is 1. The first-order chi connectivity index (χ1) is 19.9. The number of hydrogen-bond acceptors (Lipinski definition) is 6. The lowest BCUT2D eigenvalue weighted by atomic mass is 9.97. The molecule has 220 valence electrons. The number of aromatic nitrogens is 1. The van der Waals surface area contributed by atoms with Gasteiger partial charge in [-0.15, -0.1) is 11.3 Å². The molecule has 0 aliphatic carbocycles. The number of piperidine rings is 1. The van der Waals surface area contributed by atoms with Crippen LogP contribution in [0.2, 0.25) is 0 Å². The lowest BCUT2D eigenvalue weighted by Crippen LogP contribution is -2.36. The molecule has 1 saturated heterocycles. The van der Waals surface area contributed by atoms with Gasteiger partial charge in [-0.05, 0) is 68.2 Å². The third-order valence-corrected chi connectivity index (χ3v) is 9.72.